The van der Waals surface area contributed by atoms with Gasteiger partial charge >= 0.3 is 0 Å². The smallest absolute Gasteiger partial charge is 0.246 e. The SMILES string of the molecule is Cc1cc(Nc2ncn(-c3cccnc3)n2)cc(N2CCN(C(C)C)CC2)c1. The molecule has 1 aliphatic rings. The number of hydrogen-bond acceptors (Lipinski definition) is 6. The van der Waals surface area contributed by atoms with E-state index in [0.717, 1.165) is 37.6 Å². The second-order valence-electron chi connectivity index (χ2n) is 7.52. The molecule has 0 atom stereocenters. The number of benzene rings is 1. The monoisotopic (exact) mass is 377 g/mol. The van der Waals surface area contributed by atoms with Crippen molar-refractivity contribution in [3.8, 4) is 5.69 Å². The van der Waals surface area contributed by atoms with Crippen molar-refractivity contribution in [1.82, 2.24) is 24.6 Å². The minimum absolute atomic E-state index is 0.574. The molecule has 146 valence electrons. The van der Waals surface area contributed by atoms with E-state index in [2.05, 4.69) is 69.2 Å². The van der Waals surface area contributed by atoms with Crippen LogP contribution in [0.3, 0.4) is 0 Å². The lowest BCUT2D eigenvalue weighted by Gasteiger charge is -2.38. The van der Waals surface area contributed by atoms with Crippen LogP contribution < -0.4 is 10.2 Å². The Balaban J connectivity index is 1.48. The quantitative estimate of drug-likeness (QED) is 0.736. The molecule has 0 bridgehead atoms. The van der Waals surface area contributed by atoms with Gasteiger partial charge in [-0.15, -0.1) is 5.10 Å². The van der Waals surface area contributed by atoms with Crippen LogP contribution >= 0.6 is 0 Å². The summed E-state index contributed by atoms with van der Waals surface area (Å²) in [7, 11) is 0. The summed E-state index contributed by atoms with van der Waals surface area (Å²) in [5, 5.41) is 7.85. The Morgan fingerprint density at radius 3 is 2.57 bits per heavy atom. The third-order valence-electron chi connectivity index (χ3n) is 5.13. The summed E-state index contributed by atoms with van der Waals surface area (Å²) in [5.41, 5.74) is 4.36. The summed E-state index contributed by atoms with van der Waals surface area (Å²) in [6, 6.07) is 11.0. The first-order chi connectivity index (χ1) is 13.6. The molecule has 1 fully saturated rings. The molecule has 0 aliphatic carbocycles. The summed E-state index contributed by atoms with van der Waals surface area (Å²) in [6.45, 7) is 11.0. The molecule has 0 spiro atoms. The Bertz CT molecular complexity index is 912. The van der Waals surface area contributed by atoms with Gasteiger partial charge in [0.15, 0.2) is 0 Å². The van der Waals surface area contributed by atoms with Gasteiger partial charge in [-0.05, 0) is 56.7 Å². The van der Waals surface area contributed by atoms with Crippen LogP contribution in [0.1, 0.15) is 19.4 Å². The normalized spacial score (nSPS) is 15.2. The zero-order valence-electron chi connectivity index (χ0n) is 16.7. The van der Waals surface area contributed by atoms with Crippen LogP contribution in [-0.4, -0.2) is 56.9 Å². The summed E-state index contributed by atoms with van der Waals surface area (Å²) in [5.74, 6) is 0.574. The molecule has 1 saturated heterocycles. The van der Waals surface area contributed by atoms with E-state index >= 15 is 0 Å². The molecular weight excluding hydrogens is 350 g/mol. The third-order valence-corrected chi connectivity index (χ3v) is 5.13. The molecule has 3 aromatic rings. The fraction of sp³-hybridized carbons (Fsp3) is 0.381. The van der Waals surface area contributed by atoms with E-state index in [1.165, 1.54) is 11.3 Å². The first-order valence-electron chi connectivity index (χ1n) is 9.78. The third kappa shape index (κ3) is 4.14. The van der Waals surface area contributed by atoms with Gasteiger partial charge in [0.1, 0.15) is 6.33 Å². The summed E-state index contributed by atoms with van der Waals surface area (Å²) >= 11 is 0. The largest absolute Gasteiger partial charge is 0.369 e. The Labute approximate surface area is 166 Å². The molecule has 0 saturated carbocycles. The fourth-order valence-electron chi connectivity index (χ4n) is 3.58. The van der Waals surface area contributed by atoms with Crippen molar-refractivity contribution in [2.45, 2.75) is 26.8 Å². The van der Waals surface area contributed by atoms with Crippen molar-refractivity contribution in [3.63, 3.8) is 0 Å². The minimum atomic E-state index is 0.574. The second-order valence-corrected chi connectivity index (χ2v) is 7.52. The van der Waals surface area contributed by atoms with Crippen LogP contribution in [0.25, 0.3) is 5.69 Å². The highest BCUT2D eigenvalue weighted by Gasteiger charge is 2.19. The number of hydrogen-bond donors (Lipinski definition) is 1. The topological polar surface area (TPSA) is 62.1 Å². The number of nitrogens with one attached hydrogen (secondary N) is 1. The van der Waals surface area contributed by atoms with Crippen molar-refractivity contribution < 1.29 is 0 Å². The molecule has 0 radical (unpaired) electrons. The molecule has 0 amide bonds. The molecule has 7 nitrogen and oxygen atoms in total. The molecule has 1 aromatic carbocycles. The lowest BCUT2D eigenvalue weighted by molar-refractivity contribution is 0.209. The molecule has 7 heteroatoms. The maximum absolute atomic E-state index is 4.51. The van der Waals surface area contributed by atoms with Gasteiger partial charge in [-0.3, -0.25) is 9.88 Å². The summed E-state index contributed by atoms with van der Waals surface area (Å²) in [6.07, 6.45) is 5.20. The maximum Gasteiger partial charge on any atom is 0.246 e. The van der Waals surface area contributed by atoms with Gasteiger partial charge in [-0.2, -0.15) is 4.98 Å². The number of piperazine rings is 1. The van der Waals surface area contributed by atoms with Crippen LogP contribution in [0, 0.1) is 6.92 Å². The van der Waals surface area contributed by atoms with Gasteiger partial charge in [0, 0.05) is 49.8 Å². The molecule has 0 unspecified atom stereocenters. The Kier molecular flexibility index (Phi) is 5.25. The average Bonchev–Trinajstić information content (AvgIpc) is 3.17. The molecule has 1 aliphatic heterocycles. The Morgan fingerprint density at radius 1 is 1.04 bits per heavy atom. The molecule has 3 heterocycles. The first kappa shape index (κ1) is 18.4. The number of pyridine rings is 1. The van der Waals surface area contributed by atoms with Gasteiger partial charge in [-0.1, -0.05) is 0 Å². The maximum atomic E-state index is 4.51. The van der Waals surface area contributed by atoms with E-state index in [1.807, 2.05) is 12.1 Å². The highest BCUT2D eigenvalue weighted by Crippen LogP contribution is 2.25. The summed E-state index contributed by atoms with van der Waals surface area (Å²) < 4.78 is 1.72. The number of aryl methyl sites for hydroxylation is 1. The van der Waals surface area contributed by atoms with E-state index in [4.69, 9.17) is 0 Å². The lowest BCUT2D eigenvalue weighted by atomic mass is 10.1. The Hall–Kier alpha value is -2.93. The number of rotatable bonds is 5. The van der Waals surface area contributed by atoms with Crippen LogP contribution in [0.4, 0.5) is 17.3 Å². The lowest BCUT2D eigenvalue weighted by Crippen LogP contribution is -2.48. The fourth-order valence-corrected chi connectivity index (χ4v) is 3.58. The van der Waals surface area contributed by atoms with E-state index < -0.39 is 0 Å². The zero-order valence-corrected chi connectivity index (χ0v) is 16.7. The van der Waals surface area contributed by atoms with E-state index in [1.54, 1.807) is 23.4 Å². The average molecular weight is 377 g/mol. The zero-order chi connectivity index (χ0) is 19.5. The number of aromatic nitrogens is 4. The molecule has 1 N–H and O–H groups in total. The Morgan fingerprint density at radius 2 is 1.86 bits per heavy atom. The van der Waals surface area contributed by atoms with Crippen molar-refractivity contribution >= 4 is 17.3 Å². The van der Waals surface area contributed by atoms with Gasteiger partial charge < -0.3 is 10.2 Å². The molecule has 4 rings (SSSR count). The van der Waals surface area contributed by atoms with Gasteiger partial charge in [0.2, 0.25) is 5.95 Å². The van der Waals surface area contributed by atoms with Gasteiger partial charge in [-0.25, -0.2) is 4.68 Å². The highest BCUT2D eigenvalue weighted by molar-refractivity contribution is 5.64. The molecule has 28 heavy (non-hydrogen) atoms. The standard InChI is InChI=1S/C21H27N7/c1-16(2)26-7-9-27(10-8-26)20-12-17(3)11-18(13-20)24-21-23-15-28(25-21)19-5-4-6-22-14-19/h4-6,11-16H,7-10H2,1-3H3,(H,24,25). The van der Waals surface area contributed by atoms with Crippen molar-refractivity contribution in [2.75, 3.05) is 36.4 Å². The van der Waals surface area contributed by atoms with Crippen molar-refractivity contribution in [3.05, 3.63) is 54.6 Å². The van der Waals surface area contributed by atoms with Crippen molar-refractivity contribution in [1.29, 1.82) is 0 Å². The van der Waals surface area contributed by atoms with Crippen LogP contribution in [0.15, 0.2) is 49.1 Å². The van der Waals surface area contributed by atoms with E-state index in [0.29, 0.717) is 12.0 Å². The van der Waals surface area contributed by atoms with Crippen LogP contribution in [-0.2, 0) is 0 Å². The number of nitrogens with zero attached hydrogens (tertiary/aromatic N) is 6. The predicted molar refractivity (Wildman–Crippen MR) is 113 cm³/mol. The van der Waals surface area contributed by atoms with Crippen molar-refractivity contribution in [2.24, 2.45) is 0 Å². The first-order valence-corrected chi connectivity index (χ1v) is 9.78. The summed E-state index contributed by atoms with van der Waals surface area (Å²) in [4.78, 5) is 13.5. The highest BCUT2D eigenvalue weighted by atomic mass is 15.4. The van der Waals surface area contributed by atoms with Crippen LogP contribution in [0.5, 0.6) is 0 Å². The van der Waals surface area contributed by atoms with E-state index in [9.17, 15) is 0 Å². The van der Waals surface area contributed by atoms with Crippen LogP contribution in [0.2, 0.25) is 0 Å². The number of anilines is 3. The predicted octanol–water partition coefficient (Wildman–Crippen LogP) is 3.24. The van der Waals surface area contributed by atoms with Gasteiger partial charge in [0.05, 0.1) is 11.9 Å². The molecular formula is C21H27N7. The van der Waals surface area contributed by atoms with E-state index in [-0.39, 0.29) is 0 Å². The minimum Gasteiger partial charge on any atom is -0.369 e. The van der Waals surface area contributed by atoms with Gasteiger partial charge in [0.25, 0.3) is 0 Å². The second kappa shape index (κ2) is 7.98. The molecule has 2 aromatic heterocycles.